The molecule has 33 heavy (non-hydrogen) atoms. The van der Waals surface area contributed by atoms with Crippen LogP contribution in [0.4, 0.5) is 5.69 Å². The summed E-state index contributed by atoms with van der Waals surface area (Å²) in [5, 5.41) is 21.4. The molecule has 6 rings (SSSR count). The van der Waals surface area contributed by atoms with Crippen LogP contribution in [-0.2, 0) is 6.54 Å². The number of nitrogens with one attached hydrogen (secondary N) is 1. The molecular formula is C26H25N7. The summed E-state index contributed by atoms with van der Waals surface area (Å²) in [5.41, 5.74) is 7.51. The minimum atomic E-state index is 0.461. The van der Waals surface area contributed by atoms with E-state index in [1.54, 1.807) is 6.33 Å². The Labute approximate surface area is 192 Å². The fourth-order valence-corrected chi connectivity index (χ4v) is 5.16. The lowest BCUT2D eigenvalue weighted by atomic mass is 10.1. The van der Waals surface area contributed by atoms with Gasteiger partial charge in [-0.05, 0) is 61.4 Å². The van der Waals surface area contributed by atoms with Gasteiger partial charge in [-0.1, -0.05) is 12.1 Å². The topological polar surface area (TPSA) is 74.7 Å². The van der Waals surface area contributed by atoms with Crippen LogP contribution in [0.5, 0.6) is 0 Å². The maximum Gasteiger partial charge on any atom is 0.185 e. The van der Waals surface area contributed by atoms with Gasteiger partial charge in [0.1, 0.15) is 6.33 Å². The van der Waals surface area contributed by atoms with E-state index in [2.05, 4.69) is 79.9 Å². The number of rotatable bonds is 2. The SMILES string of the molecule is C[C@@H]1CN(c2ccc3c(c2)Cn2cc(-c4ccc(C#N)cc4)cc2-c2nncn2-3)C[C@H](C)N1. The highest BCUT2D eigenvalue weighted by Crippen LogP contribution is 2.35. The molecule has 0 radical (unpaired) electrons. The average molecular weight is 436 g/mol. The van der Waals surface area contributed by atoms with Crippen LogP contribution in [0.2, 0.25) is 0 Å². The number of hydrogen-bond acceptors (Lipinski definition) is 5. The van der Waals surface area contributed by atoms with Crippen LogP contribution in [0.3, 0.4) is 0 Å². The van der Waals surface area contributed by atoms with E-state index in [1.807, 2.05) is 24.3 Å². The molecule has 0 aliphatic carbocycles. The van der Waals surface area contributed by atoms with E-state index in [0.717, 1.165) is 48.0 Å². The zero-order valence-electron chi connectivity index (χ0n) is 18.7. The van der Waals surface area contributed by atoms with Gasteiger partial charge >= 0.3 is 0 Å². The van der Waals surface area contributed by atoms with Crippen LogP contribution in [-0.4, -0.2) is 44.5 Å². The summed E-state index contributed by atoms with van der Waals surface area (Å²) >= 11 is 0. The quantitative estimate of drug-likeness (QED) is 0.456. The van der Waals surface area contributed by atoms with Gasteiger partial charge in [-0.3, -0.25) is 4.57 Å². The molecule has 2 aliphatic heterocycles. The third-order valence-electron chi connectivity index (χ3n) is 6.61. The smallest absolute Gasteiger partial charge is 0.185 e. The lowest BCUT2D eigenvalue weighted by Gasteiger charge is -2.38. The molecule has 1 N–H and O–H groups in total. The molecule has 2 aromatic heterocycles. The van der Waals surface area contributed by atoms with Crippen LogP contribution in [0.25, 0.3) is 28.3 Å². The fraction of sp³-hybridized carbons (Fsp3) is 0.269. The van der Waals surface area contributed by atoms with E-state index in [1.165, 1.54) is 11.3 Å². The molecule has 0 amide bonds. The molecule has 4 aromatic rings. The van der Waals surface area contributed by atoms with E-state index >= 15 is 0 Å². The lowest BCUT2D eigenvalue weighted by molar-refractivity contribution is 0.407. The summed E-state index contributed by atoms with van der Waals surface area (Å²) in [4.78, 5) is 2.48. The Morgan fingerprint density at radius 1 is 1.00 bits per heavy atom. The normalized spacial score (nSPS) is 19.2. The summed E-state index contributed by atoms with van der Waals surface area (Å²) < 4.78 is 4.34. The number of nitrogens with zero attached hydrogens (tertiary/aromatic N) is 6. The van der Waals surface area contributed by atoms with Gasteiger partial charge in [0.25, 0.3) is 0 Å². The van der Waals surface area contributed by atoms with Crippen LogP contribution >= 0.6 is 0 Å². The molecule has 0 unspecified atom stereocenters. The van der Waals surface area contributed by atoms with Crippen molar-refractivity contribution in [2.75, 3.05) is 18.0 Å². The number of aromatic nitrogens is 4. The Bertz CT molecular complexity index is 1360. The molecule has 2 atom stereocenters. The highest BCUT2D eigenvalue weighted by molar-refractivity contribution is 5.72. The predicted octanol–water partition coefficient (Wildman–Crippen LogP) is 3.82. The molecule has 0 saturated carbocycles. The average Bonchev–Trinajstić information content (AvgIpc) is 3.43. The van der Waals surface area contributed by atoms with Crippen molar-refractivity contribution < 1.29 is 0 Å². The van der Waals surface area contributed by atoms with E-state index in [9.17, 15) is 0 Å². The first-order valence-corrected chi connectivity index (χ1v) is 11.3. The molecule has 7 heteroatoms. The molecule has 1 saturated heterocycles. The monoisotopic (exact) mass is 435 g/mol. The van der Waals surface area contributed by atoms with Crippen molar-refractivity contribution >= 4 is 5.69 Å². The molecular weight excluding hydrogens is 410 g/mol. The van der Waals surface area contributed by atoms with E-state index in [4.69, 9.17) is 5.26 Å². The number of piperazine rings is 1. The summed E-state index contributed by atoms with van der Waals surface area (Å²) in [5.74, 6) is 0.839. The first kappa shape index (κ1) is 19.8. The number of nitriles is 1. The van der Waals surface area contributed by atoms with Gasteiger partial charge in [-0.25, -0.2) is 0 Å². The zero-order valence-corrected chi connectivity index (χ0v) is 18.7. The van der Waals surface area contributed by atoms with Crippen molar-refractivity contribution in [1.29, 1.82) is 5.26 Å². The molecule has 7 nitrogen and oxygen atoms in total. The molecule has 2 aromatic carbocycles. The highest BCUT2D eigenvalue weighted by atomic mass is 15.3. The molecule has 0 spiro atoms. The second-order valence-corrected chi connectivity index (χ2v) is 9.14. The van der Waals surface area contributed by atoms with Crippen LogP contribution in [0.1, 0.15) is 25.0 Å². The second-order valence-electron chi connectivity index (χ2n) is 9.14. The number of fused-ring (bicyclic) bond motifs is 5. The molecule has 1 fully saturated rings. The van der Waals surface area contributed by atoms with Crippen molar-refractivity contribution in [2.45, 2.75) is 32.5 Å². The highest BCUT2D eigenvalue weighted by Gasteiger charge is 2.25. The Kier molecular flexibility index (Phi) is 4.56. The minimum absolute atomic E-state index is 0.461. The van der Waals surface area contributed by atoms with E-state index in [-0.39, 0.29) is 0 Å². The standard InChI is InChI=1S/C26H25N7/c1-17-12-31(13-18(2)29-17)23-7-8-24-22(9-23)15-32-14-21(20-5-3-19(11-27)4-6-20)10-25(32)26-30-28-16-33(24)26/h3-10,14,16-18,29H,12-13,15H2,1-2H3/t17-,18+. The molecule has 0 bridgehead atoms. The zero-order chi connectivity index (χ0) is 22.5. The molecule has 4 heterocycles. The van der Waals surface area contributed by atoms with Gasteiger partial charge in [0.2, 0.25) is 0 Å². The summed E-state index contributed by atoms with van der Waals surface area (Å²) in [7, 11) is 0. The van der Waals surface area contributed by atoms with Crippen molar-refractivity contribution in [2.24, 2.45) is 0 Å². The first-order valence-electron chi connectivity index (χ1n) is 11.3. The van der Waals surface area contributed by atoms with E-state index in [0.29, 0.717) is 17.6 Å². The second kappa shape index (κ2) is 7.61. The van der Waals surface area contributed by atoms with Gasteiger partial charge < -0.3 is 14.8 Å². The molecule has 2 aliphatic rings. The van der Waals surface area contributed by atoms with Gasteiger partial charge in [-0.2, -0.15) is 5.26 Å². The Morgan fingerprint density at radius 2 is 1.79 bits per heavy atom. The Hall–Kier alpha value is -3.89. The van der Waals surface area contributed by atoms with Gasteiger partial charge in [0.05, 0.1) is 23.0 Å². The van der Waals surface area contributed by atoms with Crippen molar-refractivity contribution in [1.82, 2.24) is 24.6 Å². The van der Waals surface area contributed by atoms with Crippen molar-refractivity contribution in [3.05, 3.63) is 72.2 Å². The van der Waals surface area contributed by atoms with Crippen LogP contribution < -0.4 is 10.2 Å². The lowest BCUT2D eigenvalue weighted by Crippen LogP contribution is -2.54. The molecule has 164 valence electrons. The maximum atomic E-state index is 9.11. The first-order chi connectivity index (χ1) is 16.1. The Morgan fingerprint density at radius 3 is 2.55 bits per heavy atom. The van der Waals surface area contributed by atoms with Gasteiger partial charge in [0.15, 0.2) is 5.82 Å². The summed E-state index contributed by atoms with van der Waals surface area (Å²) in [6.45, 7) is 7.24. The Balaban J connectivity index is 1.42. The van der Waals surface area contributed by atoms with Gasteiger partial charge in [0, 0.05) is 49.2 Å². The maximum absolute atomic E-state index is 9.11. The van der Waals surface area contributed by atoms with Gasteiger partial charge in [-0.15, -0.1) is 10.2 Å². The van der Waals surface area contributed by atoms with Crippen molar-refractivity contribution in [3.63, 3.8) is 0 Å². The fourth-order valence-electron chi connectivity index (χ4n) is 5.16. The van der Waals surface area contributed by atoms with Crippen LogP contribution in [0.15, 0.2) is 61.1 Å². The van der Waals surface area contributed by atoms with Crippen molar-refractivity contribution in [3.8, 4) is 34.4 Å². The third kappa shape index (κ3) is 3.40. The largest absolute Gasteiger partial charge is 0.368 e. The predicted molar refractivity (Wildman–Crippen MR) is 128 cm³/mol. The number of anilines is 1. The van der Waals surface area contributed by atoms with Crippen LogP contribution in [0, 0.1) is 11.3 Å². The summed E-state index contributed by atoms with van der Waals surface area (Å²) in [6, 6.07) is 19.7. The third-order valence-corrected chi connectivity index (χ3v) is 6.61. The number of hydrogen-bond donors (Lipinski definition) is 1. The minimum Gasteiger partial charge on any atom is -0.368 e. The number of benzene rings is 2. The summed E-state index contributed by atoms with van der Waals surface area (Å²) in [6.07, 6.45) is 3.97. The van der Waals surface area contributed by atoms with E-state index < -0.39 is 0 Å².